The van der Waals surface area contributed by atoms with E-state index in [-0.39, 0.29) is 24.9 Å². The summed E-state index contributed by atoms with van der Waals surface area (Å²) < 4.78 is 0. The summed E-state index contributed by atoms with van der Waals surface area (Å²) in [6.45, 7) is 0.838. The Bertz CT molecular complexity index is 287. The van der Waals surface area contributed by atoms with E-state index in [2.05, 4.69) is 5.32 Å². The second-order valence-electron chi connectivity index (χ2n) is 4.66. The first-order chi connectivity index (χ1) is 7.66. The highest BCUT2D eigenvalue weighted by Crippen LogP contribution is 2.24. The molecule has 0 aromatic heterocycles. The number of carboxylic acid groups (broad SMARTS) is 1. The summed E-state index contributed by atoms with van der Waals surface area (Å²) in [6.07, 6.45) is 4.62. The van der Waals surface area contributed by atoms with Gasteiger partial charge in [-0.3, -0.25) is 9.59 Å². The number of amides is 1. The molecular formula is C11H18N2O3. The van der Waals surface area contributed by atoms with Crippen molar-refractivity contribution in [2.75, 3.05) is 13.1 Å². The van der Waals surface area contributed by atoms with E-state index in [4.69, 9.17) is 5.11 Å². The topological polar surface area (TPSA) is 69.6 Å². The van der Waals surface area contributed by atoms with Crippen LogP contribution < -0.4 is 5.32 Å². The third-order valence-corrected chi connectivity index (χ3v) is 3.47. The lowest BCUT2D eigenvalue weighted by Crippen LogP contribution is -2.57. The van der Waals surface area contributed by atoms with Crippen molar-refractivity contribution in [1.82, 2.24) is 10.2 Å². The van der Waals surface area contributed by atoms with Crippen molar-refractivity contribution in [3.8, 4) is 0 Å². The second kappa shape index (κ2) is 4.82. The lowest BCUT2D eigenvalue weighted by molar-refractivity contribution is -0.141. The van der Waals surface area contributed by atoms with Gasteiger partial charge >= 0.3 is 5.97 Å². The average Bonchev–Trinajstić information content (AvgIpc) is 2.73. The predicted molar refractivity (Wildman–Crippen MR) is 58.0 cm³/mol. The summed E-state index contributed by atoms with van der Waals surface area (Å²) in [6, 6.07) is 0.265. The molecule has 2 aliphatic rings. The van der Waals surface area contributed by atoms with Gasteiger partial charge in [-0.15, -0.1) is 0 Å². The fraction of sp³-hybridized carbons (Fsp3) is 0.818. The van der Waals surface area contributed by atoms with Gasteiger partial charge in [-0.2, -0.15) is 0 Å². The number of nitrogens with one attached hydrogen (secondary N) is 1. The molecule has 1 amide bonds. The van der Waals surface area contributed by atoms with E-state index in [1.165, 1.54) is 12.8 Å². The summed E-state index contributed by atoms with van der Waals surface area (Å²) in [5.41, 5.74) is 0. The summed E-state index contributed by atoms with van der Waals surface area (Å²) in [5, 5.41) is 11.7. The van der Waals surface area contributed by atoms with Gasteiger partial charge in [-0.1, -0.05) is 12.8 Å². The minimum atomic E-state index is -0.807. The van der Waals surface area contributed by atoms with Gasteiger partial charge < -0.3 is 15.3 Å². The van der Waals surface area contributed by atoms with E-state index in [0.717, 1.165) is 12.8 Å². The molecule has 0 bridgehead atoms. The molecule has 2 N–H and O–H groups in total. The predicted octanol–water partition coefficient (Wildman–Crippen LogP) is 0.204. The molecule has 5 heteroatoms. The van der Waals surface area contributed by atoms with Gasteiger partial charge in [0.1, 0.15) is 0 Å². The van der Waals surface area contributed by atoms with Crippen LogP contribution in [0.5, 0.6) is 0 Å². The van der Waals surface area contributed by atoms with Gasteiger partial charge in [0.05, 0.1) is 13.0 Å². The van der Waals surface area contributed by atoms with Crippen molar-refractivity contribution in [2.45, 2.75) is 44.2 Å². The Morgan fingerprint density at radius 3 is 2.75 bits per heavy atom. The van der Waals surface area contributed by atoms with Crippen LogP contribution in [0.1, 0.15) is 32.1 Å². The van der Waals surface area contributed by atoms with Crippen LogP contribution in [0.25, 0.3) is 0 Å². The third kappa shape index (κ3) is 2.52. The summed E-state index contributed by atoms with van der Waals surface area (Å²) in [5.74, 6) is -0.688. The van der Waals surface area contributed by atoms with E-state index in [1.54, 1.807) is 0 Å². The van der Waals surface area contributed by atoms with Crippen LogP contribution in [0.4, 0.5) is 0 Å². The van der Waals surface area contributed by atoms with Crippen molar-refractivity contribution in [2.24, 2.45) is 0 Å². The molecule has 2 rings (SSSR count). The molecule has 5 nitrogen and oxygen atoms in total. The Balaban J connectivity index is 1.94. The zero-order chi connectivity index (χ0) is 11.5. The Morgan fingerprint density at radius 1 is 1.44 bits per heavy atom. The molecule has 1 heterocycles. The van der Waals surface area contributed by atoms with Crippen LogP contribution in [0, 0.1) is 0 Å². The van der Waals surface area contributed by atoms with Crippen LogP contribution in [-0.4, -0.2) is 47.1 Å². The highest BCUT2D eigenvalue weighted by atomic mass is 16.4. The van der Waals surface area contributed by atoms with Gasteiger partial charge in [0.25, 0.3) is 0 Å². The molecular weight excluding hydrogens is 208 g/mol. The third-order valence-electron chi connectivity index (χ3n) is 3.47. The first kappa shape index (κ1) is 11.4. The van der Waals surface area contributed by atoms with Crippen molar-refractivity contribution < 1.29 is 14.7 Å². The molecule has 1 unspecified atom stereocenters. The lowest BCUT2D eigenvalue weighted by Gasteiger charge is -2.37. The van der Waals surface area contributed by atoms with Crippen molar-refractivity contribution >= 4 is 11.9 Å². The number of carboxylic acids is 1. The van der Waals surface area contributed by atoms with Crippen LogP contribution in [0.3, 0.4) is 0 Å². The SMILES string of the molecule is O=C(O)CC1CN(C2CCCC2)C(=O)CN1. The zero-order valence-electron chi connectivity index (χ0n) is 9.32. The Kier molecular flexibility index (Phi) is 3.43. The molecule has 0 aromatic rings. The van der Waals surface area contributed by atoms with E-state index < -0.39 is 5.97 Å². The lowest BCUT2D eigenvalue weighted by atomic mass is 10.1. The maximum absolute atomic E-state index is 11.7. The smallest absolute Gasteiger partial charge is 0.304 e. The van der Waals surface area contributed by atoms with Crippen molar-refractivity contribution in [1.29, 1.82) is 0 Å². The standard InChI is InChI=1S/C11H18N2O3/c14-10-6-12-8(5-11(15)16)7-13(10)9-3-1-2-4-9/h8-9,12H,1-7H2,(H,15,16). The molecule has 1 aliphatic carbocycles. The summed E-state index contributed by atoms with van der Waals surface area (Å²) in [4.78, 5) is 24.2. The number of nitrogens with zero attached hydrogens (tertiary/aromatic N) is 1. The highest BCUT2D eigenvalue weighted by Gasteiger charge is 2.32. The number of rotatable bonds is 3. The first-order valence-electron chi connectivity index (χ1n) is 5.91. The van der Waals surface area contributed by atoms with E-state index in [0.29, 0.717) is 12.6 Å². The molecule has 0 spiro atoms. The maximum Gasteiger partial charge on any atom is 0.304 e. The molecule has 1 atom stereocenters. The van der Waals surface area contributed by atoms with Gasteiger partial charge in [0, 0.05) is 18.6 Å². The highest BCUT2D eigenvalue weighted by molar-refractivity contribution is 5.80. The molecule has 2 fully saturated rings. The quantitative estimate of drug-likeness (QED) is 0.721. The van der Waals surface area contributed by atoms with Gasteiger partial charge in [0.15, 0.2) is 0 Å². The van der Waals surface area contributed by atoms with Crippen LogP contribution in [0.2, 0.25) is 0 Å². The Hall–Kier alpha value is -1.10. The zero-order valence-corrected chi connectivity index (χ0v) is 9.32. The van der Waals surface area contributed by atoms with Crippen molar-refractivity contribution in [3.63, 3.8) is 0 Å². The Morgan fingerprint density at radius 2 is 2.12 bits per heavy atom. The van der Waals surface area contributed by atoms with Gasteiger partial charge in [-0.05, 0) is 12.8 Å². The number of carbonyl (C=O) groups is 2. The molecule has 90 valence electrons. The first-order valence-corrected chi connectivity index (χ1v) is 5.91. The largest absolute Gasteiger partial charge is 0.481 e. The minimum absolute atomic E-state index is 0.0872. The molecule has 16 heavy (non-hydrogen) atoms. The monoisotopic (exact) mass is 226 g/mol. The number of hydrogen-bond donors (Lipinski definition) is 2. The number of piperazine rings is 1. The molecule has 1 saturated heterocycles. The van der Waals surface area contributed by atoms with Crippen molar-refractivity contribution in [3.05, 3.63) is 0 Å². The van der Waals surface area contributed by atoms with E-state index in [1.807, 2.05) is 4.90 Å². The normalized spacial score (nSPS) is 27.4. The van der Waals surface area contributed by atoms with Crippen LogP contribution >= 0.6 is 0 Å². The molecule has 1 aliphatic heterocycles. The number of hydrogen-bond acceptors (Lipinski definition) is 3. The molecule has 0 radical (unpaired) electrons. The molecule has 1 saturated carbocycles. The average molecular weight is 226 g/mol. The number of carbonyl (C=O) groups excluding carboxylic acids is 1. The van der Waals surface area contributed by atoms with Crippen LogP contribution in [-0.2, 0) is 9.59 Å². The Labute approximate surface area is 94.8 Å². The minimum Gasteiger partial charge on any atom is -0.481 e. The van der Waals surface area contributed by atoms with Gasteiger partial charge in [0.2, 0.25) is 5.91 Å². The fourth-order valence-corrected chi connectivity index (χ4v) is 2.65. The van der Waals surface area contributed by atoms with Crippen LogP contribution in [0.15, 0.2) is 0 Å². The maximum atomic E-state index is 11.7. The fourth-order valence-electron chi connectivity index (χ4n) is 2.65. The second-order valence-corrected chi connectivity index (χ2v) is 4.66. The van der Waals surface area contributed by atoms with Gasteiger partial charge in [-0.25, -0.2) is 0 Å². The molecule has 0 aromatic carbocycles. The number of aliphatic carboxylic acids is 1. The van der Waals surface area contributed by atoms with E-state index in [9.17, 15) is 9.59 Å². The summed E-state index contributed by atoms with van der Waals surface area (Å²) in [7, 11) is 0. The summed E-state index contributed by atoms with van der Waals surface area (Å²) >= 11 is 0. The van der Waals surface area contributed by atoms with E-state index >= 15 is 0 Å².